The Hall–Kier alpha value is -2.05. The first-order valence-corrected chi connectivity index (χ1v) is 6.38. The van der Waals surface area contributed by atoms with Gasteiger partial charge >= 0.3 is 5.97 Å². The number of nitrogens with zero attached hydrogens (tertiary/aromatic N) is 3. The Morgan fingerprint density at radius 2 is 2.10 bits per heavy atom. The lowest BCUT2D eigenvalue weighted by atomic mass is 10.3. The maximum Gasteiger partial charge on any atom is 0.323 e. The fourth-order valence-electron chi connectivity index (χ4n) is 2.00. The first-order chi connectivity index (χ1) is 9.56. The van der Waals surface area contributed by atoms with Gasteiger partial charge in [-0.25, -0.2) is 4.98 Å². The molecule has 0 aliphatic carbocycles. The van der Waals surface area contributed by atoms with E-state index in [4.69, 9.17) is 28.3 Å². The zero-order valence-electron chi connectivity index (χ0n) is 9.97. The van der Waals surface area contributed by atoms with Gasteiger partial charge in [-0.05, 0) is 18.2 Å². The molecule has 0 saturated heterocycles. The monoisotopic (exact) mass is 310 g/mol. The highest BCUT2D eigenvalue weighted by Crippen LogP contribution is 2.30. The summed E-state index contributed by atoms with van der Waals surface area (Å²) in [4.78, 5) is 15.4. The van der Waals surface area contributed by atoms with Crippen LogP contribution in [0.1, 0.15) is 0 Å². The quantitative estimate of drug-likeness (QED) is 0.779. The van der Waals surface area contributed by atoms with Crippen LogP contribution in [0.4, 0.5) is 0 Å². The highest BCUT2D eigenvalue weighted by Gasteiger charge is 2.17. The van der Waals surface area contributed by atoms with Gasteiger partial charge in [-0.15, -0.1) is 0 Å². The smallest absolute Gasteiger partial charge is 0.323 e. The topological polar surface area (TPSA) is 83.8 Å². The van der Waals surface area contributed by atoms with Crippen molar-refractivity contribution in [3.8, 4) is 11.5 Å². The summed E-state index contributed by atoms with van der Waals surface area (Å²) in [5.41, 5.74) is 1.80. The summed E-state index contributed by atoms with van der Waals surface area (Å²) in [6, 6.07) is 4.93. The van der Waals surface area contributed by atoms with Crippen molar-refractivity contribution in [2.24, 2.45) is 0 Å². The molecule has 102 valence electrons. The maximum absolute atomic E-state index is 11.1. The minimum atomic E-state index is -0.976. The number of carboxylic acids is 1. The van der Waals surface area contributed by atoms with Gasteiger partial charge < -0.3 is 9.67 Å². The standard InChI is InChI=1S/C12H8Cl2N4O2/c13-6-3-9-10(4-7(6)14)18(5-11(19)20)12(16-9)8-1-2-15-17-8/h1-4H,5H2,(H,15,17)(H,19,20). The summed E-state index contributed by atoms with van der Waals surface area (Å²) in [6.45, 7) is -0.233. The SMILES string of the molecule is O=C(O)Cn1c(-c2ccn[nH]2)nc2cc(Cl)c(Cl)cc21. The fourth-order valence-corrected chi connectivity index (χ4v) is 2.32. The van der Waals surface area contributed by atoms with Crippen LogP contribution in [-0.2, 0) is 11.3 Å². The third kappa shape index (κ3) is 2.13. The van der Waals surface area contributed by atoms with E-state index < -0.39 is 5.97 Å². The van der Waals surface area contributed by atoms with Crippen LogP contribution >= 0.6 is 23.2 Å². The van der Waals surface area contributed by atoms with E-state index in [1.165, 1.54) is 0 Å². The Balaban J connectivity index is 2.30. The lowest BCUT2D eigenvalue weighted by Crippen LogP contribution is -2.10. The second-order valence-corrected chi connectivity index (χ2v) is 4.96. The number of rotatable bonds is 3. The molecule has 2 N–H and O–H groups in total. The summed E-state index contributed by atoms with van der Waals surface area (Å²) in [5, 5.41) is 16.4. The molecule has 0 amide bonds. The second-order valence-electron chi connectivity index (χ2n) is 4.14. The summed E-state index contributed by atoms with van der Waals surface area (Å²) in [6.07, 6.45) is 1.57. The molecule has 0 bridgehead atoms. The molecule has 0 radical (unpaired) electrons. The third-order valence-corrected chi connectivity index (χ3v) is 3.55. The van der Waals surface area contributed by atoms with Gasteiger partial charge in [0.15, 0.2) is 5.82 Å². The van der Waals surface area contributed by atoms with Gasteiger partial charge in [0.2, 0.25) is 0 Å². The minimum Gasteiger partial charge on any atom is -0.480 e. The summed E-state index contributed by atoms with van der Waals surface area (Å²) in [5.74, 6) is -0.505. The lowest BCUT2D eigenvalue weighted by Gasteiger charge is -2.05. The van der Waals surface area contributed by atoms with Gasteiger partial charge in [0.1, 0.15) is 12.2 Å². The van der Waals surface area contributed by atoms with E-state index in [0.717, 1.165) is 0 Å². The molecule has 3 rings (SSSR count). The van der Waals surface area contributed by atoms with Crippen molar-refractivity contribution in [1.82, 2.24) is 19.7 Å². The molecule has 3 aromatic rings. The molecular weight excluding hydrogens is 303 g/mol. The van der Waals surface area contributed by atoms with Crippen LogP contribution in [0.15, 0.2) is 24.4 Å². The molecule has 0 aliphatic heterocycles. The van der Waals surface area contributed by atoms with Crippen molar-refractivity contribution in [2.75, 3.05) is 0 Å². The molecule has 0 spiro atoms. The third-order valence-electron chi connectivity index (χ3n) is 2.83. The van der Waals surface area contributed by atoms with Crippen molar-refractivity contribution in [3.63, 3.8) is 0 Å². The highest BCUT2D eigenvalue weighted by molar-refractivity contribution is 6.42. The van der Waals surface area contributed by atoms with E-state index in [1.807, 2.05) is 0 Å². The Kier molecular flexibility index (Phi) is 3.11. The van der Waals surface area contributed by atoms with Gasteiger partial charge in [-0.2, -0.15) is 5.10 Å². The minimum absolute atomic E-state index is 0.233. The molecule has 20 heavy (non-hydrogen) atoms. The molecule has 2 aromatic heterocycles. The molecule has 2 heterocycles. The molecule has 8 heteroatoms. The largest absolute Gasteiger partial charge is 0.480 e. The molecule has 6 nitrogen and oxygen atoms in total. The number of hydrogen-bond acceptors (Lipinski definition) is 3. The Morgan fingerprint density at radius 3 is 2.75 bits per heavy atom. The Morgan fingerprint density at radius 1 is 1.35 bits per heavy atom. The zero-order chi connectivity index (χ0) is 14.3. The number of carboxylic acid groups (broad SMARTS) is 1. The summed E-state index contributed by atoms with van der Waals surface area (Å²) < 4.78 is 1.55. The van der Waals surface area contributed by atoms with Crippen LogP contribution in [0.3, 0.4) is 0 Å². The van der Waals surface area contributed by atoms with Gasteiger partial charge in [-0.1, -0.05) is 23.2 Å². The number of benzene rings is 1. The summed E-state index contributed by atoms with van der Waals surface area (Å²) in [7, 11) is 0. The number of imidazole rings is 1. The van der Waals surface area contributed by atoms with E-state index in [1.54, 1.807) is 29.0 Å². The van der Waals surface area contributed by atoms with Crippen LogP contribution in [0.5, 0.6) is 0 Å². The van der Waals surface area contributed by atoms with E-state index >= 15 is 0 Å². The van der Waals surface area contributed by atoms with Crippen molar-refractivity contribution >= 4 is 40.2 Å². The van der Waals surface area contributed by atoms with E-state index in [9.17, 15) is 4.79 Å². The van der Waals surface area contributed by atoms with E-state index in [0.29, 0.717) is 32.6 Å². The summed E-state index contributed by atoms with van der Waals surface area (Å²) >= 11 is 12.0. The first-order valence-electron chi connectivity index (χ1n) is 5.63. The van der Waals surface area contributed by atoms with Crippen molar-refractivity contribution in [2.45, 2.75) is 6.54 Å². The number of nitrogens with one attached hydrogen (secondary N) is 1. The number of aromatic nitrogens is 4. The molecule has 0 aliphatic rings. The maximum atomic E-state index is 11.1. The highest BCUT2D eigenvalue weighted by atomic mass is 35.5. The molecular formula is C12H8Cl2N4O2. The number of hydrogen-bond donors (Lipinski definition) is 2. The number of halogens is 2. The number of fused-ring (bicyclic) bond motifs is 1. The predicted octanol–water partition coefficient (Wildman–Crippen LogP) is 2.82. The van der Waals surface area contributed by atoms with Crippen molar-refractivity contribution in [1.29, 1.82) is 0 Å². The number of H-pyrrole nitrogens is 1. The van der Waals surface area contributed by atoms with Crippen LogP contribution in [0, 0.1) is 0 Å². The average molecular weight is 311 g/mol. The van der Waals surface area contributed by atoms with Crippen molar-refractivity contribution in [3.05, 3.63) is 34.4 Å². The number of aromatic amines is 1. The molecule has 0 unspecified atom stereocenters. The Bertz CT molecular complexity index is 796. The van der Waals surface area contributed by atoms with Gasteiger partial charge in [-0.3, -0.25) is 9.89 Å². The predicted molar refractivity (Wildman–Crippen MR) is 75.0 cm³/mol. The molecule has 0 atom stereocenters. The average Bonchev–Trinajstić information content (AvgIpc) is 2.99. The lowest BCUT2D eigenvalue weighted by molar-refractivity contribution is -0.137. The molecule has 1 aromatic carbocycles. The van der Waals surface area contributed by atoms with Crippen molar-refractivity contribution < 1.29 is 9.90 Å². The number of carbonyl (C=O) groups is 1. The first kappa shape index (κ1) is 13.0. The Labute approximate surface area is 122 Å². The van der Waals surface area contributed by atoms with Gasteiger partial charge in [0, 0.05) is 6.20 Å². The van der Waals surface area contributed by atoms with Crippen LogP contribution < -0.4 is 0 Å². The van der Waals surface area contributed by atoms with E-state index in [-0.39, 0.29) is 6.54 Å². The van der Waals surface area contributed by atoms with E-state index in [2.05, 4.69) is 15.2 Å². The molecule has 0 saturated carbocycles. The van der Waals surface area contributed by atoms with Gasteiger partial charge in [0.25, 0.3) is 0 Å². The van der Waals surface area contributed by atoms with Gasteiger partial charge in [0.05, 0.1) is 21.1 Å². The zero-order valence-corrected chi connectivity index (χ0v) is 11.5. The van der Waals surface area contributed by atoms with Crippen LogP contribution in [-0.4, -0.2) is 30.8 Å². The number of aliphatic carboxylic acids is 1. The van der Waals surface area contributed by atoms with Crippen LogP contribution in [0.2, 0.25) is 10.0 Å². The normalized spacial score (nSPS) is 11.1. The molecule has 0 fully saturated rings. The fraction of sp³-hybridized carbons (Fsp3) is 0.0833. The van der Waals surface area contributed by atoms with Crippen LogP contribution in [0.25, 0.3) is 22.6 Å². The second kappa shape index (κ2) is 4.81.